The molecule has 114 valence electrons. The summed E-state index contributed by atoms with van der Waals surface area (Å²) in [6.07, 6.45) is 1.90. The van der Waals surface area contributed by atoms with Gasteiger partial charge in [0.25, 0.3) is 0 Å². The van der Waals surface area contributed by atoms with E-state index in [0.717, 1.165) is 34.3 Å². The van der Waals surface area contributed by atoms with E-state index in [0.29, 0.717) is 16.9 Å². The van der Waals surface area contributed by atoms with E-state index in [1.54, 1.807) is 17.4 Å². The summed E-state index contributed by atoms with van der Waals surface area (Å²) in [7, 11) is 0. The van der Waals surface area contributed by atoms with E-state index in [4.69, 9.17) is 23.2 Å². The first kappa shape index (κ1) is 16.3. The van der Waals surface area contributed by atoms with Crippen molar-refractivity contribution in [1.82, 2.24) is 9.97 Å². The number of pyridine rings is 1. The van der Waals surface area contributed by atoms with Gasteiger partial charge in [-0.1, -0.05) is 23.2 Å². The molecule has 0 aromatic carbocycles. The fraction of sp³-hybridized carbons (Fsp3) is 0.429. The lowest BCUT2D eigenvalue weighted by Gasteiger charge is -2.16. The van der Waals surface area contributed by atoms with Crippen molar-refractivity contribution in [3.63, 3.8) is 0 Å². The number of anilines is 2. The quantitative estimate of drug-likeness (QED) is 0.776. The van der Waals surface area contributed by atoms with Crippen LogP contribution in [0.3, 0.4) is 0 Å². The van der Waals surface area contributed by atoms with Gasteiger partial charge in [-0.3, -0.25) is 0 Å². The van der Waals surface area contributed by atoms with Crippen molar-refractivity contribution in [2.75, 3.05) is 23.3 Å². The first-order valence-corrected chi connectivity index (χ1v) is 8.38. The van der Waals surface area contributed by atoms with E-state index >= 15 is 0 Å². The monoisotopic (exact) mass is 344 g/mol. The highest BCUT2D eigenvalue weighted by Crippen LogP contribution is 2.28. The zero-order chi connectivity index (χ0) is 15.4. The molecule has 2 heterocycles. The number of nitrogens with one attached hydrogen (secondary N) is 1. The molecule has 2 aromatic heterocycles. The summed E-state index contributed by atoms with van der Waals surface area (Å²) in [6, 6.07) is 1.80. The maximum atomic E-state index is 6.12. The molecule has 0 saturated carbocycles. The molecule has 0 aliphatic carbocycles. The summed E-state index contributed by atoms with van der Waals surface area (Å²) in [5.74, 6) is 0. The smallest absolute Gasteiger partial charge is 0.185 e. The maximum absolute atomic E-state index is 6.12. The maximum Gasteiger partial charge on any atom is 0.185 e. The Morgan fingerprint density at radius 2 is 2.00 bits per heavy atom. The Labute approximate surface area is 139 Å². The van der Waals surface area contributed by atoms with Crippen LogP contribution in [0.1, 0.15) is 24.3 Å². The number of hydrogen-bond acceptors (Lipinski definition) is 5. The number of halogens is 2. The molecule has 4 nitrogen and oxygen atoms in total. The fourth-order valence-electron chi connectivity index (χ4n) is 2.00. The number of thiazole rings is 1. The SMILES string of the molecule is CCN(CC)c1ncc(CNc2c(C)cc(Cl)nc2Cl)s1. The molecular weight excluding hydrogens is 327 g/mol. The molecule has 0 unspecified atom stereocenters. The lowest BCUT2D eigenvalue weighted by molar-refractivity contribution is 0.860. The van der Waals surface area contributed by atoms with Crippen molar-refractivity contribution < 1.29 is 0 Å². The third kappa shape index (κ3) is 3.99. The van der Waals surface area contributed by atoms with Crippen molar-refractivity contribution in [1.29, 1.82) is 0 Å². The van der Waals surface area contributed by atoms with E-state index in [9.17, 15) is 0 Å². The summed E-state index contributed by atoms with van der Waals surface area (Å²) in [4.78, 5) is 11.9. The van der Waals surface area contributed by atoms with Crippen LogP contribution in [0.4, 0.5) is 10.8 Å². The predicted molar refractivity (Wildman–Crippen MR) is 92.0 cm³/mol. The van der Waals surface area contributed by atoms with Crippen LogP contribution in [-0.2, 0) is 6.54 Å². The van der Waals surface area contributed by atoms with Crippen LogP contribution >= 0.6 is 34.5 Å². The van der Waals surface area contributed by atoms with Crippen molar-refractivity contribution in [3.05, 3.63) is 33.0 Å². The van der Waals surface area contributed by atoms with Crippen molar-refractivity contribution in [2.45, 2.75) is 27.3 Å². The van der Waals surface area contributed by atoms with Gasteiger partial charge in [0.1, 0.15) is 5.15 Å². The highest BCUT2D eigenvalue weighted by molar-refractivity contribution is 7.15. The van der Waals surface area contributed by atoms with Crippen molar-refractivity contribution in [2.24, 2.45) is 0 Å². The van der Waals surface area contributed by atoms with Gasteiger partial charge >= 0.3 is 0 Å². The van der Waals surface area contributed by atoms with E-state index in [1.165, 1.54) is 0 Å². The van der Waals surface area contributed by atoms with Crippen molar-refractivity contribution >= 4 is 45.4 Å². The minimum absolute atomic E-state index is 0.397. The van der Waals surface area contributed by atoms with E-state index < -0.39 is 0 Å². The molecule has 0 saturated heterocycles. The summed E-state index contributed by atoms with van der Waals surface area (Å²) in [5.41, 5.74) is 1.80. The highest BCUT2D eigenvalue weighted by Gasteiger charge is 2.10. The second-order valence-electron chi connectivity index (χ2n) is 4.56. The zero-order valence-corrected chi connectivity index (χ0v) is 14.6. The van der Waals surface area contributed by atoms with Gasteiger partial charge in [0.2, 0.25) is 0 Å². The molecule has 0 spiro atoms. The Kier molecular flexibility index (Phi) is 5.67. The predicted octanol–water partition coefficient (Wildman–Crippen LogP) is 4.61. The number of rotatable bonds is 6. The topological polar surface area (TPSA) is 41.1 Å². The average Bonchev–Trinajstić information content (AvgIpc) is 2.87. The zero-order valence-electron chi connectivity index (χ0n) is 12.3. The van der Waals surface area contributed by atoms with Crippen LogP contribution in [0, 0.1) is 6.92 Å². The number of nitrogens with zero attached hydrogens (tertiary/aromatic N) is 3. The van der Waals surface area contributed by atoms with Gasteiger partial charge in [-0.2, -0.15) is 0 Å². The van der Waals surface area contributed by atoms with Gasteiger partial charge in [0, 0.05) is 24.2 Å². The van der Waals surface area contributed by atoms with Gasteiger partial charge in [-0.25, -0.2) is 9.97 Å². The lowest BCUT2D eigenvalue weighted by Crippen LogP contribution is -2.21. The minimum Gasteiger partial charge on any atom is -0.377 e. The molecule has 2 aromatic rings. The molecule has 0 radical (unpaired) electrons. The van der Waals surface area contributed by atoms with Crippen LogP contribution in [0.2, 0.25) is 10.3 Å². The third-order valence-corrected chi connectivity index (χ3v) is 4.68. The Morgan fingerprint density at radius 1 is 1.29 bits per heavy atom. The molecule has 0 aliphatic heterocycles. The average molecular weight is 345 g/mol. The molecule has 2 rings (SSSR count). The molecule has 0 aliphatic rings. The number of hydrogen-bond donors (Lipinski definition) is 1. The second-order valence-corrected chi connectivity index (χ2v) is 6.40. The van der Waals surface area contributed by atoms with E-state index in [1.807, 2.05) is 13.1 Å². The molecule has 21 heavy (non-hydrogen) atoms. The molecule has 0 bridgehead atoms. The van der Waals surface area contributed by atoms with Crippen LogP contribution in [-0.4, -0.2) is 23.1 Å². The summed E-state index contributed by atoms with van der Waals surface area (Å²) in [5, 5.41) is 5.17. The van der Waals surface area contributed by atoms with Gasteiger partial charge in [-0.15, -0.1) is 11.3 Å². The minimum atomic E-state index is 0.397. The fourth-order valence-corrected chi connectivity index (χ4v) is 3.58. The number of aryl methyl sites for hydroxylation is 1. The largest absolute Gasteiger partial charge is 0.377 e. The Balaban J connectivity index is 2.07. The Bertz CT molecular complexity index is 588. The Hall–Kier alpha value is -1.04. The van der Waals surface area contributed by atoms with E-state index in [-0.39, 0.29) is 0 Å². The van der Waals surface area contributed by atoms with Gasteiger partial charge < -0.3 is 10.2 Å². The van der Waals surface area contributed by atoms with Crippen molar-refractivity contribution in [3.8, 4) is 0 Å². The van der Waals surface area contributed by atoms with Crippen LogP contribution in [0.25, 0.3) is 0 Å². The Morgan fingerprint density at radius 3 is 2.62 bits per heavy atom. The summed E-state index contributed by atoms with van der Waals surface area (Å²) < 4.78 is 0. The summed E-state index contributed by atoms with van der Waals surface area (Å²) >= 11 is 13.7. The molecule has 0 atom stereocenters. The summed E-state index contributed by atoms with van der Waals surface area (Å²) in [6.45, 7) is 8.81. The van der Waals surface area contributed by atoms with Crippen LogP contribution < -0.4 is 10.2 Å². The standard InChI is InChI=1S/C14H18Cl2N4S/c1-4-20(5-2)14-18-8-10(21-14)7-17-12-9(3)6-11(15)19-13(12)16/h6,8,17H,4-5,7H2,1-3H3. The normalized spacial score (nSPS) is 10.7. The first-order chi connectivity index (χ1) is 10.0. The third-order valence-electron chi connectivity index (χ3n) is 3.16. The second kappa shape index (κ2) is 7.29. The van der Waals surface area contributed by atoms with Crippen LogP contribution in [0.15, 0.2) is 12.3 Å². The molecular formula is C14H18Cl2N4S. The van der Waals surface area contributed by atoms with Crippen LogP contribution in [0.5, 0.6) is 0 Å². The van der Waals surface area contributed by atoms with Gasteiger partial charge in [0.15, 0.2) is 10.3 Å². The molecule has 0 fully saturated rings. The van der Waals surface area contributed by atoms with E-state index in [2.05, 4.69) is 34.0 Å². The highest BCUT2D eigenvalue weighted by atomic mass is 35.5. The molecule has 7 heteroatoms. The first-order valence-electron chi connectivity index (χ1n) is 6.81. The molecule has 0 amide bonds. The van der Waals surface area contributed by atoms with Gasteiger partial charge in [-0.05, 0) is 32.4 Å². The lowest BCUT2D eigenvalue weighted by atomic mass is 10.2. The van der Waals surface area contributed by atoms with Gasteiger partial charge in [0.05, 0.1) is 12.2 Å². The molecule has 1 N–H and O–H groups in total. The number of aromatic nitrogens is 2.